The van der Waals surface area contributed by atoms with Crippen LogP contribution in [0.2, 0.25) is 0 Å². The molecule has 0 aliphatic rings. The Labute approximate surface area is 78.2 Å². The molecule has 0 aliphatic carbocycles. The number of nitro groups is 1. The van der Waals surface area contributed by atoms with Gasteiger partial charge in [-0.25, -0.2) is 4.39 Å². The number of benzene rings is 1. The fourth-order valence-corrected chi connectivity index (χ4v) is 1.08. The Morgan fingerprint density at radius 1 is 1.62 bits per heavy atom. The van der Waals surface area contributed by atoms with Crippen LogP contribution in [0.15, 0.2) is 17.0 Å². The first-order valence-corrected chi connectivity index (χ1v) is 3.58. The first-order valence-electron chi connectivity index (χ1n) is 3.13. The van der Waals surface area contributed by atoms with Crippen LogP contribution in [0.3, 0.4) is 0 Å². The quantitative estimate of drug-likeness (QED) is 0.425. The largest absolute Gasteiger partial charge is 0.273 e. The van der Waals surface area contributed by atoms with Gasteiger partial charge in [-0.15, -0.1) is 12.6 Å². The van der Waals surface area contributed by atoms with Crippen LogP contribution in [0, 0.1) is 27.3 Å². The van der Waals surface area contributed by atoms with E-state index in [1.54, 1.807) is 6.07 Å². The van der Waals surface area contributed by atoms with Gasteiger partial charge in [0.15, 0.2) is 0 Å². The van der Waals surface area contributed by atoms with E-state index in [0.717, 1.165) is 6.07 Å². The lowest BCUT2D eigenvalue weighted by Gasteiger charge is -1.97. The molecule has 0 spiro atoms. The molecule has 0 saturated carbocycles. The molecule has 0 N–H and O–H groups in total. The fraction of sp³-hybridized carbons (Fsp3) is 0. The van der Waals surface area contributed by atoms with Gasteiger partial charge in [0.2, 0.25) is 0 Å². The lowest BCUT2D eigenvalue weighted by molar-refractivity contribution is -0.385. The van der Waals surface area contributed by atoms with E-state index in [9.17, 15) is 14.5 Å². The summed E-state index contributed by atoms with van der Waals surface area (Å²) in [6.45, 7) is 0. The van der Waals surface area contributed by atoms with Crippen LogP contribution in [0.25, 0.3) is 0 Å². The Hall–Kier alpha value is -1.61. The number of nitriles is 1. The lowest BCUT2D eigenvalue weighted by atomic mass is 10.2. The van der Waals surface area contributed by atoms with Gasteiger partial charge >= 0.3 is 0 Å². The van der Waals surface area contributed by atoms with Gasteiger partial charge in [0.25, 0.3) is 5.69 Å². The SMILES string of the molecule is N#Cc1c(F)cc([N+](=O)[O-])cc1S. The third kappa shape index (κ3) is 1.76. The van der Waals surface area contributed by atoms with Crippen molar-refractivity contribution in [2.24, 2.45) is 0 Å². The van der Waals surface area contributed by atoms with Crippen LogP contribution in [0.5, 0.6) is 0 Å². The highest BCUT2D eigenvalue weighted by Crippen LogP contribution is 2.23. The molecule has 0 radical (unpaired) electrons. The normalized spacial score (nSPS) is 9.31. The molecule has 1 aromatic rings. The van der Waals surface area contributed by atoms with Gasteiger partial charge in [0.05, 0.1) is 11.0 Å². The molecule has 0 fully saturated rings. The molecule has 0 atom stereocenters. The second kappa shape index (κ2) is 3.41. The Morgan fingerprint density at radius 3 is 2.62 bits per heavy atom. The third-order valence-corrected chi connectivity index (χ3v) is 1.73. The summed E-state index contributed by atoms with van der Waals surface area (Å²) in [5.41, 5.74) is -0.699. The zero-order valence-electron chi connectivity index (χ0n) is 6.19. The minimum Gasteiger partial charge on any atom is -0.258 e. The summed E-state index contributed by atoms with van der Waals surface area (Å²) < 4.78 is 12.9. The molecule has 0 bridgehead atoms. The van der Waals surface area contributed by atoms with E-state index >= 15 is 0 Å². The third-order valence-electron chi connectivity index (χ3n) is 1.38. The van der Waals surface area contributed by atoms with Crippen molar-refractivity contribution < 1.29 is 9.31 Å². The number of hydrogen-bond donors (Lipinski definition) is 1. The molecule has 1 rings (SSSR count). The van der Waals surface area contributed by atoms with Gasteiger partial charge < -0.3 is 0 Å². The van der Waals surface area contributed by atoms with Crippen molar-refractivity contribution in [3.8, 4) is 6.07 Å². The van der Waals surface area contributed by atoms with E-state index < -0.39 is 16.4 Å². The molecule has 0 amide bonds. The number of hydrogen-bond acceptors (Lipinski definition) is 4. The summed E-state index contributed by atoms with van der Waals surface area (Å²) in [6.07, 6.45) is 0. The highest BCUT2D eigenvalue weighted by molar-refractivity contribution is 7.80. The minimum absolute atomic E-state index is 0.0331. The van der Waals surface area contributed by atoms with Crippen LogP contribution in [-0.4, -0.2) is 4.92 Å². The summed E-state index contributed by atoms with van der Waals surface area (Å²) in [5, 5.41) is 18.6. The molecule has 66 valence electrons. The van der Waals surface area contributed by atoms with E-state index in [1.165, 1.54) is 0 Å². The molecule has 1 aromatic carbocycles. The molecule has 0 aliphatic heterocycles. The minimum atomic E-state index is -0.929. The lowest BCUT2D eigenvalue weighted by Crippen LogP contribution is -1.92. The number of nitrogens with zero attached hydrogens (tertiary/aromatic N) is 2. The van der Waals surface area contributed by atoms with Gasteiger partial charge in [-0.05, 0) is 0 Å². The molecule has 6 heteroatoms. The second-order valence-electron chi connectivity index (χ2n) is 2.19. The van der Waals surface area contributed by atoms with Crippen molar-refractivity contribution in [3.05, 3.63) is 33.6 Å². The molecule has 0 aromatic heterocycles. The maximum atomic E-state index is 12.9. The standard InChI is InChI=1S/C7H3FN2O2S/c8-6-1-4(10(11)12)2-7(13)5(6)3-9/h1-2,13H. The van der Waals surface area contributed by atoms with E-state index in [4.69, 9.17) is 5.26 Å². The number of thiol groups is 1. The summed E-state index contributed by atoms with van der Waals surface area (Å²) in [6, 6.07) is 3.28. The molecule has 0 saturated heterocycles. The van der Waals surface area contributed by atoms with Crippen LogP contribution in [-0.2, 0) is 0 Å². The van der Waals surface area contributed by atoms with Crippen LogP contribution in [0.4, 0.5) is 10.1 Å². The zero-order chi connectivity index (χ0) is 10.0. The molecular formula is C7H3FN2O2S. The van der Waals surface area contributed by atoms with Crippen molar-refractivity contribution in [3.63, 3.8) is 0 Å². The van der Waals surface area contributed by atoms with Gasteiger partial charge in [-0.1, -0.05) is 0 Å². The van der Waals surface area contributed by atoms with Crippen LogP contribution >= 0.6 is 12.6 Å². The maximum absolute atomic E-state index is 12.9. The van der Waals surface area contributed by atoms with Crippen molar-refractivity contribution >= 4 is 18.3 Å². The van der Waals surface area contributed by atoms with Crippen molar-refractivity contribution in [2.75, 3.05) is 0 Å². The van der Waals surface area contributed by atoms with E-state index in [1.807, 2.05) is 0 Å². The fourth-order valence-electron chi connectivity index (χ4n) is 0.794. The number of halogens is 1. The highest BCUT2D eigenvalue weighted by atomic mass is 32.1. The van der Waals surface area contributed by atoms with Crippen LogP contribution in [0.1, 0.15) is 5.56 Å². The Bertz CT molecular complexity index is 390. The first kappa shape index (κ1) is 9.48. The van der Waals surface area contributed by atoms with Gasteiger partial charge in [0.1, 0.15) is 17.4 Å². The smallest absolute Gasteiger partial charge is 0.258 e. The molecule has 4 nitrogen and oxygen atoms in total. The Kier molecular flexibility index (Phi) is 2.49. The van der Waals surface area contributed by atoms with E-state index in [2.05, 4.69) is 12.6 Å². The predicted octanol–water partition coefficient (Wildman–Crippen LogP) is 1.89. The molecular weight excluding hydrogens is 195 g/mol. The monoisotopic (exact) mass is 198 g/mol. The number of non-ortho nitro benzene ring substituents is 1. The topological polar surface area (TPSA) is 66.9 Å². The number of rotatable bonds is 1. The second-order valence-corrected chi connectivity index (χ2v) is 2.67. The van der Waals surface area contributed by atoms with Gasteiger partial charge in [0, 0.05) is 11.0 Å². The van der Waals surface area contributed by atoms with E-state index in [-0.39, 0.29) is 10.5 Å². The van der Waals surface area contributed by atoms with Gasteiger partial charge in [-0.3, -0.25) is 10.1 Å². The summed E-state index contributed by atoms with van der Waals surface area (Å²) in [5.74, 6) is -0.929. The number of nitro benzene ring substituents is 1. The van der Waals surface area contributed by atoms with Crippen molar-refractivity contribution in [2.45, 2.75) is 4.90 Å². The maximum Gasteiger partial charge on any atom is 0.273 e. The zero-order valence-corrected chi connectivity index (χ0v) is 7.09. The Morgan fingerprint density at radius 2 is 2.23 bits per heavy atom. The first-order chi connectivity index (χ1) is 6.06. The molecule has 13 heavy (non-hydrogen) atoms. The highest BCUT2D eigenvalue weighted by Gasteiger charge is 2.14. The summed E-state index contributed by atoms with van der Waals surface area (Å²) >= 11 is 3.75. The van der Waals surface area contributed by atoms with Crippen molar-refractivity contribution in [1.29, 1.82) is 5.26 Å². The van der Waals surface area contributed by atoms with Crippen molar-refractivity contribution in [1.82, 2.24) is 0 Å². The van der Waals surface area contributed by atoms with E-state index in [0.29, 0.717) is 6.07 Å². The van der Waals surface area contributed by atoms with Gasteiger partial charge in [-0.2, -0.15) is 5.26 Å². The summed E-state index contributed by atoms with van der Waals surface area (Å²) in [7, 11) is 0. The molecule has 0 heterocycles. The summed E-state index contributed by atoms with van der Waals surface area (Å²) in [4.78, 5) is 9.45. The van der Waals surface area contributed by atoms with Crippen LogP contribution < -0.4 is 0 Å². The average molecular weight is 198 g/mol. The predicted molar refractivity (Wildman–Crippen MR) is 45.0 cm³/mol. The Balaban J connectivity index is 3.39. The molecule has 0 unspecified atom stereocenters. The average Bonchev–Trinajstić information content (AvgIpc) is 2.03.